The standard InChI is InChI=1S/C35H50N2O5/c1-33(2,3)25-16-17-26(42-8)24(19-25)21-36-28-27(34(4,5)6)30(32(39)40)37(29(28)22-13-10-9-11-14-22)31(38)23-15-12-18-35(7,41)20-23/h9-11,13-14,16-17,19,23,27-30,36,41H,12,15,18,20-21H2,1-8H3,(H,39,40)/t23-,27+,28+,29+,30+,35+/m1/s1. The summed E-state index contributed by atoms with van der Waals surface area (Å²) >= 11 is 0. The molecule has 3 N–H and O–H groups in total. The molecule has 1 aliphatic carbocycles. The van der Waals surface area contributed by atoms with Gasteiger partial charge in [-0.15, -0.1) is 0 Å². The number of amides is 1. The fourth-order valence-corrected chi connectivity index (χ4v) is 7.22. The molecule has 0 bridgehead atoms. The van der Waals surface area contributed by atoms with Crippen molar-refractivity contribution in [3.63, 3.8) is 0 Å². The summed E-state index contributed by atoms with van der Waals surface area (Å²) in [5.41, 5.74) is 1.66. The van der Waals surface area contributed by atoms with E-state index in [0.29, 0.717) is 25.8 Å². The number of aliphatic hydroxyl groups is 1. The first kappa shape index (κ1) is 32.0. The van der Waals surface area contributed by atoms with Crippen molar-refractivity contribution in [2.24, 2.45) is 17.3 Å². The maximum atomic E-state index is 14.4. The zero-order valence-electron chi connectivity index (χ0n) is 26.6. The predicted molar refractivity (Wildman–Crippen MR) is 165 cm³/mol. The minimum Gasteiger partial charge on any atom is -0.496 e. The fourth-order valence-electron chi connectivity index (χ4n) is 7.22. The van der Waals surface area contributed by atoms with E-state index < -0.39 is 35.0 Å². The highest BCUT2D eigenvalue weighted by Crippen LogP contribution is 2.49. The highest BCUT2D eigenvalue weighted by molar-refractivity contribution is 5.87. The van der Waals surface area contributed by atoms with Gasteiger partial charge < -0.3 is 25.2 Å². The zero-order chi connectivity index (χ0) is 31.0. The minimum atomic E-state index is -1.02. The quantitative estimate of drug-likeness (QED) is 0.368. The summed E-state index contributed by atoms with van der Waals surface area (Å²) < 4.78 is 5.73. The van der Waals surface area contributed by atoms with Crippen LogP contribution in [-0.4, -0.2) is 51.8 Å². The molecule has 7 heteroatoms. The van der Waals surface area contributed by atoms with Crippen LogP contribution >= 0.6 is 0 Å². The van der Waals surface area contributed by atoms with E-state index in [0.717, 1.165) is 23.3 Å². The molecule has 2 aliphatic rings. The number of nitrogens with zero attached hydrogens (tertiary/aromatic N) is 1. The van der Waals surface area contributed by atoms with Crippen molar-refractivity contribution in [1.82, 2.24) is 10.2 Å². The Kier molecular flexibility index (Phi) is 9.15. The van der Waals surface area contributed by atoms with Gasteiger partial charge in [0.2, 0.25) is 5.91 Å². The molecule has 230 valence electrons. The maximum Gasteiger partial charge on any atom is 0.326 e. The van der Waals surface area contributed by atoms with Gasteiger partial charge in [0.1, 0.15) is 11.8 Å². The fraction of sp³-hybridized carbons (Fsp3) is 0.600. The minimum absolute atomic E-state index is 0.0479. The molecule has 1 saturated carbocycles. The number of carbonyl (C=O) groups is 2. The van der Waals surface area contributed by atoms with Gasteiger partial charge >= 0.3 is 5.97 Å². The number of ether oxygens (including phenoxy) is 1. The molecule has 2 aromatic rings. The molecule has 6 atom stereocenters. The van der Waals surface area contributed by atoms with Crippen LogP contribution in [0.2, 0.25) is 0 Å². The second-order valence-corrected chi connectivity index (χ2v) is 14.7. The summed E-state index contributed by atoms with van der Waals surface area (Å²) in [6, 6.07) is 14.2. The Bertz CT molecular complexity index is 1260. The number of methoxy groups -OCH3 is 1. The number of hydrogen-bond donors (Lipinski definition) is 3. The summed E-state index contributed by atoms with van der Waals surface area (Å²) in [4.78, 5) is 29.2. The van der Waals surface area contributed by atoms with E-state index in [1.807, 2.05) is 36.4 Å². The topological polar surface area (TPSA) is 99.1 Å². The van der Waals surface area contributed by atoms with E-state index in [1.54, 1.807) is 18.9 Å². The van der Waals surface area contributed by atoms with Crippen LogP contribution in [0.25, 0.3) is 0 Å². The van der Waals surface area contributed by atoms with E-state index in [2.05, 4.69) is 59.0 Å². The van der Waals surface area contributed by atoms with Crippen molar-refractivity contribution in [3.05, 3.63) is 65.2 Å². The number of carboxylic acids is 1. The number of hydrogen-bond acceptors (Lipinski definition) is 5. The first-order chi connectivity index (χ1) is 19.5. The first-order valence-corrected chi connectivity index (χ1v) is 15.3. The zero-order valence-corrected chi connectivity index (χ0v) is 26.6. The Morgan fingerprint density at radius 3 is 2.29 bits per heavy atom. The third-order valence-corrected chi connectivity index (χ3v) is 9.29. The first-order valence-electron chi connectivity index (χ1n) is 15.3. The van der Waals surface area contributed by atoms with E-state index in [9.17, 15) is 19.8 Å². The summed E-state index contributed by atoms with van der Waals surface area (Å²) in [5, 5.41) is 25.4. The van der Waals surface area contributed by atoms with Gasteiger partial charge in [0, 0.05) is 30.0 Å². The molecule has 0 aromatic heterocycles. The third kappa shape index (κ3) is 6.68. The molecule has 0 spiro atoms. The Morgan fingerprint density at radius 2 is 1.74 bits per heavy atom. The van der Waals surface area contributed by atoms with Gasteiger partial charge in [0.25, 0.3) is 0 Å². The van der Waals surface area contributed by atoms with E-state index in [4.69, 9.17) is 4.74 Å². The molecule has 42 heavy (non-hydrogen) atoms. The lowest BCUT2D eigenvalue weighted by molar-refractivity contribution is -0.156. The molecular formula is C35H50N2O5. The summed E-state index contributed by atoms with van der Waals surface area (Å²) in [5.74, 6) is -1.22. The molecule has 0 radical (unpaired) electrons. The predicted octanol–water partition coefficient (Wildman–Crippen LogP) is 6.09. The summed E-state index contributed by atoms with van der Waals surface area (Å²) in [6.07, 6.45) is 2.37. The van der Waals surface area contributed by atoms with Crippen LogP contribution in [0.3, 0.4) is 0 Å². The Labute approximate surface area is 251 Å². The number of carboxylic acid groups (broad SMARTS) is 1. The monoisotopic (exact) mass is 578 g/mol. The van der Waals surface area contributed by atoms with Crippen LogP contribution in [0, 0.1) is 17.3 Å². The molecule has 0 unspecified atom stereocenters. The van der Waals surface area contributed by atoms with Gasteiger partial charge in [-0.1, -0.05) is 84.0 Å². The molecule has 2 fully saturated rings. The second kappa shape index (κ2) is 12.0. The van der Waals surface area contributed by atoms with E-state index in [-0.39, 0.29) is 23.3 Å². The molecular weight excluding hydrogens is 528 g/mol. The number of carbonyl (C=O) groups excluding carboxylic acids is 1. The summed E-state index contributed by atoms with van der Waals surface area (Å²) in [6.45, 7) is 14.9. The van der Waals surface area contributed by atoms with E-state index in [1.165, 1.54) is 5.56 Å². The molecule has 1 amide bonds. The lowest BCUT2D eigenvalue weighted by Gasteiger charge is -2.38. The highest BCUT2D eigenvalue weighted by Gasteiger charge is 2.58. The van der Waals surface area contributed by atoms with Crippen LogP contribution in [0.1, 0.15) is 96.9 Å². The SMILES string of the molecule is COc1ccc(C(C)(C)C)cc1CN[C@H]1[C@H](C(C)(C)C)[C@@H](C(=O)O)N(C(=O)[C@@H]2CCC[C@](C)(O)C2)[C@H]1c1ccccc1. The number of rotatable bonds is 7. The Hall–Kier alpha value is -2.90. The smallest absolute Gasteiger partial charge is 0.326 e. The van der Waals surface area contributed by atoms with Crippen molar-refractivity contribution >= 4 is 11.9 Å². The molecule has 1 aliphatic heterocycles. The Morgan fingerprint density at radius 1 is 1.07 bits per heavy atom. The van der Waals surface area contributed by atoms with Crippen LogP contribution < -0.4 is 10.1 Å². The van der Waals surface area contributed by atoms with Gasteiger partial charge in [0.05, 0.1) is 18.8 Å². The number of aliphatic carboxylic acids is 1. The third-order valence-electron chi connectivity index (χ3n) is 9.29. The average molecular weight is 579 g/mol. The second-order valence-electron chi connectivity index (χ2n) is 14.7. The van der Waals surface area contributed by atoms with Gasteiger partial charge in [-0.3, -0.25) is 4.79 Å². The number of benzene rings is 2. The molecule has 7 nitrogen and oxygen atoms in total. The number of likely N-dealkylation sites (tertiary alicyclic amines) is 1. The van der Waals surface area contributed by atoms with Gasteiger partial charge in [-0.2, -0.15) is 0 Å². The van der Waals surface area contributed by atoms with Crippen molar-refractivity contribution in [3.8, 4) is 5.75 Å². The van der Waals surface area contributed by atoms with Crippen LogP contribution in [-0.2, 0) is 21.5 Å². The van der Waals surface area contributed by atoms with Crippen LogP contribution in [0.5, 0.6) is 5.75 Å². The Balaban J connectivity index is 1.82. The number of nitrogens with one attached hydrogen (secondary N) is 1. The van der Waals surface area contributed by atoms with Gasteiger partial charge in [-0.05, 0) is 60.6 Å². The van der Waals surface area contributed by atoms with Gasteiger partial charge in [0.15, 0.2) is 0 Å². The average Bonchev–Trinajstić information content (AvgIpc) is 3.26. The lowest BCUT2D eigenvalue weighted by Crippen LogP contribution is -2.50. The van der Waals surface area contributed by atoms with Crippen LogP contribution in [0.15, 0.2) is 48.5 Å². The van der Waals surface area contributed by atoms with Gasteiger partial charge in [-0.25, -0.2) is 4.79 Å². The van der Waals surface area contributed by atoms with Crippen LogP contribution in [0.4, 0.5) is 0 Å². The van der Waals surface area contributed by atoms with Crippen molar-refractivity contribution < 1.29 is 24.5 Å². The van der Waals surface area contributed by atoms with Crippen molar-refractivity contribution in [2.75, 3.05) is 7.11 Å². The lowest BCUT2D eigenvalue weighted by atomic mass is 9.72. The van der Waals surface area contributed by atoms with Crippen molar-refractivity contribution in [2.45, 2.75) is 110 Å². The van der Waals surface area contributed by atoms with Crippen molar-refractivity contribution in [1.29, 1.82) is 0 Å². The molecule has 1 heterocycles. The molecule has 4 rings (SSSR count). The molecule has 1 saturated heterocycles. The molecule has 2 aromatic carbocycles. The highest BCUT2D eigenvalue weighted by atomic mass is 16.5. The largest absolute Gasteiger partial charge is 0.496 e. The summed E-state index contributed by atoms with van der Waals surface area (Å²) in [7, 11) is 1.66. The normalized spacial score (nSPS) is 28.5. The van der Waals surface area contributed by atoms with E-state index >= 15 is 0 Å². The maximum absolute atomic E-state index is 14.4.